The topological polar surface area (TPSA) is 49.3 Å². The minimum atomic E-state index is -0.523. The van der Waals surface area contributed by atoms with Gasteiger partial charge in [0, 0.05) is 13.0 Å². The Balaban J connectivity index is 1.38. The molecular weight excluding hydrogens is 305 g/mol. The van der Waals surface area contributed by atoms with Gasteiger partial charge in [-0.3, -0.25) is 4.79 Å². The largest absolute Gasteiger partial charge is 0.390 e. The van der Waals surface area contributed by atoms with Crippen LogP contribution < -0.4 is 5.32 Å². The Labute approximate surface area is 142 Å². The third-order valence-corrected chi connectivity index (χ3v) is 6.41. The average molecular weight is 331 g/mol. The standard InChI is InChI=1S/C20H26FNO2/c1-13-2-3-14(5-17(13)21)11-22-18(23)10-19-6-15-4-16(7-19)9-20(24,8-15)12-19/h2-3,5,15-16,24H,4,6-12H2,1H3,(H,22,23). The van der Waals surface area contributed by atoms with Crippen LogP contribution in [0.4, 0.5) is 4.39 Å². The predicted molar refractivity (Wildman–Crippen MR) is 89.7 cm³/mol. The van der Waals surface area contributed by atoms with Crippen LogP contribution in [-0.2, 0) is 11.3 Å². The highest BCUT2D eigenvalue weighted by Gasteiger charge is 2.57. The Bertz CT molecular complexity index is 658. The molecule has 0 spiro atoms. The van der Waals surface area contributed by atoms with Crippen molar-refractivity contribution in [3.05, 3.63) is 35.1 Å². The Morgan fingerprint density at radius 1 is 1.29 bits per heavy atom. The molecule has 2 unspecified atom stereocenters. The summed E-state index contributed by atoms with van der Waals surface area (Å²) in [6, 6.07) is 5.08. The minimum absolute atomic E-state index is 0.0125. The molecule has 24 heavy (non-hydrogen) atoms. The number of hydrogen-bond donors (Lipinski definition) is 2. The van der Waals surface area contributed by atoms with Crippen LogP contribution in [0.15, 0.2) is 18.2 Å². The Hall–Kier alpha value is -1.42. The molecule has 4 aliphatic rings. The van der Waals surface area contributed by atoms with Crippen LogP contribution in [0.2, 0.25) is 0 Å². The molecule has 0 radical (unpaired) electrons. The number of hydrogen-bond acceptors (Lipinski definition) is 2. The maximum absolute atomic E-state index is 13.6. The first-order chi connectivity index (χ1) is 11.3. The highest BCUT2D eigenvalue weighted by molar-refractivity contribution is 5.76. The number of aliphatic hydroxyl groups is 1. The molecule has 0 heterocycles. The van der Waals surface area contributed by atoms with Gasteiger partial charge >= 0.3 is 0 Å². The highest BCUT2D eigenvalue weighted by atomic mass is 19.1. The summed E-state index contributed by atoms with van der Waals surface area (Å²) >= 11 is 0. The van der Waals surface area contributed by atoms with Crippen LogP contribution in [0.3, 0.4) is 0 Å². The van der Waals surface area contributed by atoms with Crippen molar-refractivity contribution < 1.29 is 14.3 Å². The predicted octanol–water partition coefficient (Wildman–Crippen LogP) is 3.47. The van der Waals surface area contributed by atoms with Gasteiger partial charge in [-0.25, -0.2) is 4.39 Å². The lowest BCUT2D eigenvalue weighted by molar-refractivity contribution is -0.169. The molecule has 0 aliphatic heterocycles. The lowest BCUT2D eigenvalue weighted by atomic mass is 9.47. The summed E-state index contributed by atoms with van der Waals surface area (Å²) in [5.74, 6) is 0.983. The molecule has 5 rings (SSSR count). The van der Waals surface area contributed by atoms with Gasteiger partial charge in [0.15, 0.2) is 0 Å². The highest BCUT2D eigenvalue weighted by Crippen LogP contribution is 2.62. The second kappa shape index (κ2) is 5.55. The van der Waals surface area contributed by atoms with Crippen LogP contribution in [0.5, 0.6) is 0 Å². The summed E-state index contributed by atoms with van der Waals surface area (Å²) < 4.78 is 13.6. The fourth-order valence-corrected chi connectivity index (χ4v) is 5.96. The minimum Gasteiger partial charge on any atom is -0.390 e. The van der Waals surface area contributed by atoms with Gasteiger partial charge in [-0.2, -0.15) is 0 Å². The van der Waals surface area contributed by atoms with E-state index in [-0.39, 0.29) is 17.1 Å². The van der Waals surface area contributed by atoms with E-state index in [9.17, 15) is 14.3 Å². The number of halogens is 1. The molecule has 4 saturated carbocycles. The van der Waals surface area contributed by atoms with Crippen LogP contribution >= 0.6 is 0 Å². The summed E-state index contributed by atoms with van der Waals surface area (Å²) in [7, 11) is 0. The summed E-state index contributed by atoms with van der Waals surface area (Å²) in [6.07, 6.45) is 6.52. The molecule has 3 nitrogen and oxygen atoms in total. The molecule has 1 aromatic rings. The Kier molecular flexibility index (Phi) is 3.72. The van der Waals surface area contributed by atoms with Crippen molar-refractivity contribution in [3.63, 3.8) is 0 Å². The fourth-order valence-electron chi connectivity index (χ4n) is 5.96. The van der Waals surface area contributed by atoms with E-state index in [2.05, 4.69) is 5.32 Å². The number of aryl methyl sites for hydroxylation is 1. The third kappa shape index (κ3) is 2.97. The van der Waals surface area contributed by atoms with E-state index in [0.29, 0.717) is 30.4 Å². The first-order valence-electron chi connectivity index (χ1n) is 9.09. The lowest BCUT2D eigenvalue weighted by Gasteiger charge is -2.60. The van der Waals surface area contributed by atoms with Crippen LogP contribution in [0.1, 0.15) is 56.1 Å². The molecule has 2 N–H and O–H groups in total. The second-order valence-electron chi connectivity index (χ2n) is 8.72. The van der Waals surface area contributed by atoms with Gasteiger partial charge < -0.3 is 10.4 Å². The summed E-state index contributed by atoms with van der Waals surface area (Å²) in [4.78, 5) is 12.5. The van der Waals surface area contributed by atoms with E-state index in [0.717, 1.165) is 37.7 Å². The van der Waals surface area contributed by atoms with E-state index >= 15 is 0 Å². The first-order valence-corrected chi connectivity index (χ1v) is 9.09. The monoisotopic (exact) mass is 331 g/mol. The van der Waals surface area contributed by atoms with E-state index in [1.54, 1.807) is 13.0 Å². The lowest BCUT2D eigenvalue weighted by Crippen LogP contribution is -2.56. The normalized spacial score (nSPS) is 36.8. The molecule has 1 amide bonds. The molecular formula is C20H26FNO2. The Morgan fingerprint density at radius 2 is 2.00 bits per heavy atom. The van der Waals surface area contributed by atoms with Crippen LogP contribution in [0.25, 0.3) is 0 Å². The zero-order chi connectivity index (χ0) is 16.9. The fraction of sp³-hybridized carbons (Fsp3) is 0.650. The van der Waals surface area contributed by atoms with Crippen molar-refractivity contribution in [2.24, 2.45) is 17.3 Å². The zero-order valence-electron chi connectivity index (χ0n) is 14.3. The first kappa shape index (κ1) is 16.1. The molecule has 1 aromatic carbocycles. The van der Waals surface area contributed by atoms with Gasteiger partial charge in [-0.1, -0.05) is 12.1 Å². The number of amides is 1. The number of rotatable bonds is 4. The molecule has 0 saturated heterocycles. The molecule has 4 fully saturated rings. The number of carbonyl (C=O) groups is 1. The molecule has 4 heteroatoms. The summed E-state index contributed by atoms with van der Waals surface area (Å²) in [5.41, 5.74) is 0.869. The van der Waals surface area contributed by atoms with Crippen LogP contribution in [0, 0.1) is 30.0 Å². The van der Waals surface area contributed by atoms with Gasteiger partial charge in [-0.15, -0.1) is 0 Å². The SMILES string of the molecule is Cc1ccc(CNC(=O)CC23CC4CC(CC(O)(C4)C2)C3)cc1F. The van der Waals surface area contributed by atoms with Crippen molar-refractivity contribution in [3.8, 4) is 0 Å². The van der Waals surface area contributed by atoms with Gasteiger partial charge in [0.1, 0.15) is 5.82 Å². The van der Waals surface area contributed by atoms with E-state index in [4.69, 9.17) is 0 Å². The average Bonchev–Trinajstić information content (AvgIpc) is 2.45. The number of carbonyl (C=O) groups excluding carboxylic acids is 1. The molecule has 130 valence electrons. The molecule has 0 aromatic heterocycles. The summed E-state index contributed by atoms with van der Waals surface area (Å²) in [5, 5.41) is 13.7. The molecule has 4 bridgehead atoms. The maximum Gasteiger partial charge on any atom is 0.220 e. The maximum atomic E-state index is 13.6. The smallest absolute Gasteiger partial charge is 0.220 e. The van der Waals surface area contributed by atoms with Gasteiger partial charge in [0.2, 0.25) is 5.91 Å². The van der Waals surface area contributed by atoms with E-state index in [1.165, 1.54) is 12.5 Å². The third-order valence-electron chi connectivity index (χ3n) is 6.41. The van der Waals surface area contributed by atoms with Crippen molar-refractivity contribution in [1.29, 1.82) is 0 Å². The van der Waals surface area contributed by atoms with Gasteiger partial charge in [0.05, 0.1) is 5.60 Å². The van der Waals surface area contributed by atoms with Gasteiger partial charge in [0.25, 0.3) is 0 Å². The van der Waals surface area contributed by atoms with Crippen molar-refractivity contribution in [2.75, 3.05) is 0 Å². The zero-order valence-corrected chi connectivity index (χ0v) is 14.3. The quantitative estimate of drug-likeness (QED) is 0.887. The second-order valence-corrected chi connectivity index (χ2v) is 8.72. The van der Waals surface area contributed by atoms with Gasteiger partial charge in [-0.05, 0) is 79.9 Å². The van der Waals surface area contributed by atoms with Crippen molar-refractivity contribution >= 4 is 5.91 Å². The Morgan fingerprint density at radius 3 is 2.62 bits per heavy atom. The summed E-state index contributed by atoms with van der Waals surface area (Å²) in [6.45, 7) is 2.10. The van der Waals surface area contributed by atoms with E-state index < -0.39 is 5.60 Å². The molecule has 4 aliphatic carbocycles. The van der Waals surface area contributed by atoms with Crippen molar-refractivity contribution in [2.45, 2.75) is 64.0 Å². The van der Waals surface area contributed by atoms with E-state index in [1.807, 2.05) is 6.07 Å². The number of benzene rings is 1. The van der Waals surface area contributed by atoms with Crippen molar-refractivity contribution in [1.82, 2.24) is 5.32 Å². The number of nitrogens with one attached hydrogen (secondary N) is 1. The molecule has 2 atom stereocenters. The van der Waals surface area contributed by atoms with Crippen LogP contribution in [-0.4, -0.2) is 16.6 Å².